The topological polar surface area (TPSA) is 29.5 Å². The molecule has 2 nitrogen and oxygen atoms in total. The Morgan fingerprint density at radius 2 is 1.83 bits per heavy atom. The van der Waals surface area contributed by atoms with Crippen molar-refractivity contribution in [2.75, 3.05) is 13.2 Å². The number of rotatable bonds is 10. The molecule has 0 radical (unpaired) electrons. The fraction of sp³-hybridized carbons (Fsp3) is 0.600. The van der Waals surface area contributed by atoms with Crippen LogP contribution in [-0.2, 0) is 11.3 Å². The molecular weight excluding hydrogens is 391 g/mol. The quantitative estimate of drug-likeness (QED) is 0.315. The van der Waals surface area contributed by atoms with E-state index in [1.165, 1.54) is 11.1 Å². The molecule has 1 N–H and O–H groups in total. The Hall–Kier alpha value is -0.321. The van der Waals surface area contributed by atoms with Crippen LogP contribution in [0, 0.1) is 5.41 Å². The van der Waals surface area contributed by atoms with Crippen LogP contribution >= 0.6 is 0 Å². The van der Waals surface area contributed by atoms with Crippen molar-refractivity contribution in [2.45, 2.75) is 52.6 Å². The fourth-order valence-electron chi connectivity index (χ4n) is 2.51. The van der Waals surface area contributed by atoms with Gasteiger partial charge in [-0.1, -0.05) is 6.07 Å². The van der Waals surface area contributed by atoms with Crippen LogP contribution in [0.1, 0.15) is 32.3 Å². The van der Waals surface area contributed by atoms with E-state index >= 15 is 0 Å². The Balaban J connectivity index is 2.37. The molecule has 1 aromatic carbocycles. The normalized spacial score (nSPS) is 13.4. The third-order valence-corrected chi connectivity index (χ3v) is 8.26. The van der Waals surface area contributed by atoms with Gasteiger partial charge in [-0.15, -0.1) is 0 Å². The van der Waals surface area contributed by atoms with Crippen molar-refractivity contribution in [3.8, 4) is 0 Å². The molecule has 3 heteroatoms. The standard InChI is InChI=1S/C17H25O2.3CH3.Sn/c1-15(13-18)9-10-17(2,3)11-12-19-14-16-7-5-4-6-8-16;;;;/h4-9,18H,1,10-14H2,2-3H3;3*1H3;. The van der Waals surface area contributed by atoms with Crippen LogP contribution in [0.25, 0.3) is 0 Å². The van der Waals surface area contributed by atoms with Crippen LogP contribution in [0.3, 0.4) is 0 Å². The zero-order valence-electron chi connectivity index (χ0n) is 15.6. The molecule has 0 aromatic heterocycles. The van der Waals surface area contributed by atoms with Crippen LogP contribution in [-0.4, -0.2) is 36.7 Å². The SMILES string of the molecule is CC(C)(CC=C(CO)[CH2][Sn]([CH3])([CH3])[CH3])CCOCc1ccccc1. The number of allylic oxidation sites excluding steroid dienone is 1. The summed E-state index contributed by atoms with van der Waals surface area (Å²) >= 11 is -1.87. The molecule has 0 unspecified atom stereocenters. The van der Waals surface area contributed by atoms with E-state index in [0.717, 1.165) is 23.9 Å². The molecule has 0 atom stereocenters. The van der Waals surface area contributed by atoms with Gasteiger partial charge in [0.15, 0.2) is 0 Å². The summed E-state index contributed by atoms with van der Waals surface area (Å²) in [6.45, 7) is 6.25. The number of aliphatic hydroxyl groups is 1. The summed E-state index contributed by atoms with van der Waals surface area (Å²) in [5.41, 5.74) is 2.68. The van der Waals surface area contributed by atoms with Gasteiger partial charge in [-0.05, 0) is 0 Å². The van der Waals surface area contributed by atoms with Gasteiger partial charge in [-0.25, -0.2) is 0 Å². The summed E-state index contributed by atoms with van der Waals surface area (Å²) in [6.07, 6.45) is 4.33. The molecule has 0 bridgehead atoms. The molecule has 0 heterocycles. The molecule has 1 aromatic rings. The van der Waals surface area contributed by atoms with Crippen LogP contribution < -0.4 is 0 Å². The Morgan fingerprint density at radius 1 is 1.17 bits per heavy atom. The van der Waals surface area contributed by atoms with Crippen LogP contribution in [0.2, 0.25) is 19.3 Å². The summed E-state index contributed by atoms with van der Waals surface area (Å²) in [5.74, 6) is 0. The van der Waals surface area contributed by atoms with Gasteiger partial charge >= 0.3 is 141 Å². The molecule has 0 amide bonds. The number of aliphatic hydroxyl groups excluding tert-OH is 1. The average molecular weight is 425 g/mol. The van der Waals surface area contributed by atoms with E-state index in [-0.39, 0.29) is 12.0 Å². The van der Waals surface area contributed by atoms with Crippen LogP contribution in [0.4, 0.5) is 0 Å². The van der Waals surface area contributed by atoms with Crippen molar-refractivity contribution in [2.24, 2.45) is 5.41 Å². The molecule has 0 aliphatic heterocycles. The van der Waals surface area contributed by atoms with Crippen LogP contribution in [0.5, 0.6) is 0 Å². The van der Waals surface area contributed by atoms with E-state index in [4.69, 9.17) is 4.74 Å². The molecule has 0 aliphatic rings. The van der Waals surface area contributed by atoms with E-state index < -0.39 is 18.4 Å². The predicted octanol–water partition coefficient (Wildman–Crippen LogP) is 5.27. The van der Waals surface area contributed by atoms with E-state index in [9.17, 15) is 5.11 Å². The summed E-state index contributed by atoms with van der Waals surface area (Å²) in [5, 5.41) is 9.57. The molecular formula is C20H34O2Sn. The Morgan fingerprint density at radius 3 is 2.39 bits per heavy atom. The summed E-state index contributed by atoms with van der Waals surface area (Å²) < 4.78 is 6.97. The third kappa shape index (κ3) is 10.2. The number of hydrogen-bond acceptors (Lipinski definition) is 2. The minimum absolute atomic E-state index is 0.213. The first-order valence-corrected chi connectivity index (χ1v) is 19.2. The van der Waals surface area contributed by atoms with Crippen molar-refractivity contribution in [3.05, 3.63) is 47.5 Å². The molecule has 0 spiro atoms. The Labute approximate surface area is 146 Å². The molecule has 0 saturated carbocycles. The van der Waals surface area contributed by atoms with E-state index in [0.29, 0.717) is 6.61 Å². The Kier molecular flexibility index (Phi) is 8.87. The summed E-state index contributed by atoms with van der Waals surface area (Å²) in [7, 11) is 0. The third-order valence-electron chi connectivity index (χ3n) is 3.94. The number of hydrogen-bond donors (Lipinski definition) is 1. The van der Waals surface area contributed by atoms with Gasteiger partial charge < -0.3 is 0 Å². The summed E-state index contributed by atoms with van der Waals surface area (Å²) in [6, 6.07) is 10.3. The van der Waals surface area contributed by atoms with E-state index in [2.05, 4.69) is 46.9 Å². The van der Waals surface area contributed by atoms with Crippen molar-refractivity contribution in [1.29, 1.82) is 0 Å². The molecule has 130 valence electrons. The summed E-state index contributed by atoms with van der Waals surface area (Å²) in [4.78, 5) is 7.25. The van der Waals surface area contributed by atoms with Crippen molar-refractivity contribution >= 4 is 18.4 Å². The van der Waals surface area contributed by atoms with Crippen molar-refractivity contribution < 1.29 is 9.84 Å². The molecule has 0 aliphatic carbocycles. The minimum atomic E-state index is -1.87. The van der Waals surface area contributed by atoms with Gasteiger partial charge in [0.05, 0.1) is 0 Å². The second kappa shape index (κ2) is 9.85. The predicted molar refractivity (Wildman–Crippen MR) is 102 cm³/mol. The van der Waals surface area contributed by atoms with Gasteiger partial charge in [-0.3, -0.25) is 0 Å². The Bertz CT molecular complexity index is 472. The van der Waals surface area contributed by atoms with E-state index in [1.54, 1.807) is 0 Å². The number of benzene rings is 1. The van der Waals surface area contributed by atoms with Gasteiger partial charge in [0.1, 0.15) is 0 Å². The van der Waals surface area contributed by atoms with Crippen molar-refractivity contribution in [1.82, 2.24) is 0 Å². The maximum atomic E-state index is 9.57. The van der Waals surface area contributed by atoms with Crippen LogP contribution in [0.15, 0.2) is 42.0 Å². The first-order chi connectivity index (χ1) is 10.7. The maximum absolute atomic E-state index is 9.57. The molecule has 1 rings (SSSR count). The zero-order valence-corrected chi connectivity index (χ0v) is 18.4. The monoisotopic (exact) mass is 426 g/mol. The second-order valence-corrected chi connectivity index (χ2v) is 24.0. The second-order valence-electron chi connectivity index (χ2n) is 8.41. The van der Waals surface area contributed by atoms with Gasteiger partial charge in [0.2, 0.25) is 0 Å². The first-order valence-electron chi connectivity index (χ1n) is 8.62. The molecule has 0 saturated heterocycles. The fourth-order valence-corrected chi connectivity index (χ4v) is 7.13. The molecule has 23 heavy (non-hydrogen) atoms. The van der Waals surface area contributed by atoms with Crippen molar-refractivity contribution in [3.63, 3.8) is 0 Å². The zero-order chi connectivity index (χ0) is 17.3. The average Bonchev–Trinajstić information content (AvgIpc) is 2.48. The number of ether oxygens (including phenoxy) is 1. The molecule has 0 fully saturated rings. The van der Waals surface area contributed by atoms with Gasteiger partial charge in [0.25, 0.3) is 0 Å². The van der Waals surface area contributed by atoms with E-state index in [1.807, 2.05) is 18.2 Å². The van der Waals surface area contributed by atoms with Gasteiger partial charge in [-0.2, -0.15) is 0 Å². The van der Waals surface area contributed by atoms with Gasteiger partial charge in [0, 0.05) is 0 Å². The first kappa shape index (κ1) is 20.7.